The Morgan fingerprint density at radius 2 is 2.20 bits per heavy atom. The van der Waals surface area contributed by atoms with Gasteiger partial charge in [0.15, 0.2) is 5.78 Å². The van der Waals surface area contributed by atoms with Crippen LogP contribution in [0.15, 0.2) is 35.1 Å². The molecule has 1 aromatic rings. The molecule has 0 amide bonds. The quantitative estimate of drug-likeness (QED) is 0.822. The fourth-order valence-corrected chi connectivity index (χ4v) is 2.94. The van der Waals surface area contributed by atoms with Crippen LogP contribution in [0.25, 0.3) is 0 Å². The highest BCUT2D eigenvalue weighted by molar-refractivity contribution is 5.99. The third kappa shape index (κ3) is 2.45. The fourth-order valence-electron chi connectivity index (χ4n) is 2.94. The number of fused-ring (bicyclic) bond motifs is 1. The fraction of sp³-hybridized carbons (Fsp3) is 0.471. The number of carbonyl (C=O) groups is 1. The number of aromatic nitrogens is 1. The lowest BCUT2D eigenvalue weighted by Gasteiger charge is -2.24. The molecular formula is C17H22N2O. The minimum absolute atomic E-state index is 0. The summed E-state index contributed by atoms with van der Waals surface area (Å²) in [4.78, 5) is 21.3. The summed E-state index contributed by atoms with van der Waals surface area (Å²) in [7, 11) is 0. The van der Waals surface area contributed by atoms with Gasteiger partial charge in [0.25, 0.3) is 0 Å². The molecule has 0 saturated carbocycles. The first-order valence-electron chi connectivity index (χ1n) is 7.38. The largest absolute Gasteiger partial charge is 0.294 e. The van der Waals surface area contributed by atoms with Crippen LogP contribution < -0.4 is 0 Å². The number of aryl methyl sites for hydroxylation is 1. The van der Waals surface area contributed by atoms with Gasteiger partial charge in [-0.25, -0.2) is 0 Å². The highest BCUT2D eigenvalue weighted by Crippen LogP contribution is 2.31. The van der Waals surface area contributed by atoms with Crippen molar-refractivity contribution in [3.05, 3.63) is 41.4 Å². The molecule has 3 nitrogen and oxygen atoms in total. The average molecular weight is 270 g/mol. The van der Waals surface area contributed by atoms with E-state index in [1.807, 2.05) is 18.3 Å². The Balaban J connectivity index is 0.00000161. The number of carbonyl (C=O) groups excluding carboxylic acids is 1. The van der Waals surface area contributed by atoms with Gasteiger partial charge in [-0.1, -0.05) is 19.9 Å². The standard InChI is InChI=1S/C17H20N2O.H2/c1-11-8-14(19-10-12(11)2)9-13-5-6-16-15(17(13)20)4-3-7-18-16;/h3-4,7-8,10-13H,5-6,9H2,1-2H3;1H. The van der Waals surface area contributed by atoms with Crippen molar-refractivity contribution in [2.24, 2.45) is 22.7 Å². The summed E-state index contributed by atoms with van der Waals surface area (Å²) in [6, 6.07) is 3.75. The van der Waals surface area contributed by atoms with Crippen LogP contribution in [0, 0.1) is 17.8 Å². The molecule has 0 spiro atoms. The second-order valence-electron chi connectivity index (χ2n) is 5.96. The Kier molecular flexibility index (Phi) is 3.51. The van der Waals surface area contributed by atoms with E-state index in [2.05, 4.69) is 29.9 Å². The van der Waals surface area contributed by atoms with Crippen molar-refractivity contribution in [1.29, 1.82) is 0 Å². The van der Waals surface area contributed by atoms with E-state index in [0.717, 1.165) is 36.2 Å². The van der Waals surface area contributed by atoms with Gasteiger partial charge in [-0.2, -0.15) is 0 Å². The minimum atomic E-state index is 0. The predicted molar refractivity (Wildman–Crippen MR) is 82.0 cm³/mol. The van der Waals surface area contributed by atoms with Crippen molar-refractivity contribution in [2.45, 2.75) is 33.1 Å². The normalized spacial score (nSPS) is 29.0. The molecular weight excluding hydrogens is 248 g/mol. The molecule has 106 valence electrons. The molecule has 0 radical (unpaired) electrons. The van der Waals surface area contributed by atoms with Crippen molar-refractivity contribution >= 4 is 12.0 Å². The Morgan fingerprint density at radius 1 is 1.35 bits per heavy atom. The van der Waals surface area contributed by atoms with E-state index >= 15 is 0 Å². The number of aliphatic imine (C=N–C) groups is 1. The Morgan fingerprint density at radius 3 is 3.00 bits per heavy atom. The summed E-state index contributed by atoms with van der Waals surface area (Å²) >= 11 is 0. The summed E-state index contributed by atoms with van der Waals surface area (Å²) in [5.74, 6) is 1.30. The second kappa shape index (κ2) is 5.31. The van der Waals surface area contributed by atoms with Crippen LogP contribution in [0.2, 0.25) is 0 Å². The minimum Gasteiger partial charge on any atom is -0.294 e. The molecule has 0 bridgehead atoms. The van der Waals surface area contributed by atoms with Crippen LogP contribution in [0.1, 0.15) is 44.2 Å². The van der Waals surface area contributed by atoms with Crippen LogP contribution in [-0.2, 0) is 6.42 Å². The number of nitrogens with zero attached hydrogens (tertiary/aromatic N) is 2. The van der Waals surface area contributed by atoms with Gasteiger partial charge < -0.3 is 0 Å². The number of ketones is 1. The number of rotatable bonds is 2. The molecule has 1 aliphatic heterocycles. The first-order valence-corrected chi connectivity index (χ1v) is 7.38. The van der Waals surface area contributed by atoms with Crippen LogP contribution in [0.3, 0.4) is 0 Å². The van der Waals surface area contributed by atoms with Gasteiger partial charge in [-0.15, -0.1) is 0 Å². The summed E-state index contributed by atoms with van der Waals surface area (Å²) in [5.41, 5.74) is 2.84. The van der Waals surface area contributed by atoms with E-state index in [1.165, 1.54) is 0 Å². The smallest absolute Gasteiger partial charge is 0.168 e. The Bertz CT molecular complexity index is 594. The summed E-state index contributed by atoms with van der Waals surface area (Å²) in [6.07, 6.45) is 8.55. The van der Waals surface area contributed by atoms with Gasteiger partial charge in [0.05, 0.1) is 5.69 Å². The molecule has 0 N–H and O–H groups in total. The molecule has 3 heteroatoms. The summed E-state index contributed by atoms with van der Waals surface area (Å²) in [6.45, 7) is 4.38. The number of pyridine rings is 1. The van der Waals surface area contributed by atoms with E-state index in [9.17, 15) is 4.79 Å². The lowest BCUT2D eigenvalue weighted by molar-refractivity contribution is 0.0899. The average Bonchev–Trinajstić information content (AvgIpc) is 2.46. The van der Waals surface area contributed by atoms with E-state index in [4.69, 9.17) is 0 Å². The van der Waals surface area contributed by atoms with Gasteiger partial charge in [-0.3, -0.25) is 14.8 Å². The third-order valence-electron chi connectivity index (χ3n) is 4.47. The second-order valence-corrected chi connectivity index (χ2v) is 5.96. The zero-order valence-electron chi connectivity index (χ0n) is 12.0. The molecule has 3 atom stereocenters. The van der Waals surface area contributed by atoms with Crippen molar-refractivity contribution in [3.63, 3.8) is 0 Å². The van der Waals surface area contributed by atoms with Gasteiger partial charge in [-0.05, 0) is 43.2 Å². The third-order valence-corrected chi connectivity index (χ3v) is 4.47. The Labute approximate surface area is 121 Å². The Hall–Kier alpha value is -1.77. The van der Waals surface area contributed by atoms with Crippen molar-refractivity contribution in [2.75, 3.05) is 0 Å². The molecule has 0 fully saturated rings. The van der Waals surface area contributed by atoms with E-state index in [1.54, 1.807) is 6.20 Å². The highest BCUT2D eigenvalue weighted by Gasteiger charge is 2.29. The van der Waals surface area contributed by atoms with Crippen molar-refractivity contribution in [1.82, 2.24) is 4.98 Å². The SMILES string of the molecule is CC1C=NC(CC2CCc3ncccc3C2=O)=CC1C.[HH]. The topological polar surface area (TPSA) is 42.3 Å². The van der Waals surface area contributed by atoms with Crippen LogP contribution in [0.4, 0.5) is 0 Å². The lowest BCUT2D eigenvalue weighted by Crippen LogP contribution is -2.24. The van der Waals surface area contributed by atoms with Crippen LogP contribution >= 0.6 is 0 Å². The number of hydrogen-bond acceptors (Lipinski definition) is 3. The zero-order chi connectivity index (χ0) is 14.1. The molecule has 1 aromatic heterocycles. The van der Waals surface area contributed by atoms with E-state index in [-0.39, 0.29) is 13.1 Å². The summed E-state index contributed by atoms with van der Waals surface area (Å²) in [5, 5.41) is 0. The van der Waals surface area contributed by atoms with Crippen LogP contribution in [0.5, 0.6) is 0 Å². The molecule has 2 aliphatic rings. The van der Waals surface area contributed by atoms with E-state index in [0.29, 0.717) is 11.8 Å². The zero-order valence-corrected chi connectivity index (χ0v) is 12.0. The van der Waals surface area contributed by atoms with Gasteiger partial charge >= 0.3 is 0 Å². The lowest BCUT2D eigenvalue weighted by atomic mass is 9.81. The monoisotopic (exact) mass is 270 g/mol. The molecule has 1 aliphatic carbocycles. The van der Waals surface area contributed by atoms with Crippen LogP contribution in [-0.4, -0.2) is 17.0 Å². The van der Waals surface area contributed by atoms with Gasteiger partial charge in [0.1, 0.15) is 0 Å². The highest BCUT2D eigenvalue weighted by atomic mass is 16.1. The first-order chi connectivity index (χ1) is 9.65. The van der Waals surface area contributed by atoms with E-state index < -0.39 is 0 Å². The number of Topliss-reactive ketones (excluding diaryl/α,β-unsaturated/α-hetero) is 1. The molecule has 3 rings (SSSR count). The van der Waals surface area contributed by atoms with Crippen molar-refractivity contribution < 1.29 is 6.22 Å². The number of hydrogen-bond donors (Lipinski definition) is 0. The number of allylic oxidation sites excluding steroid dienone is 2. The molecule has 20 heavy (non-hydrogen) atoms. The maximum Gasteiger partial charge on any atom is 0.168 e. The van der Waals surface area contributed by atoms with Gasteiger partial charge in [0, 0.05) is 31.0 Å². The first kappa shape index (κ1) is 13.2. The van der Waals surface area contributed by atoms with Gasteiger partial charge in [0.2, 0.25) is 0 Å². The predicted octanol–water partition coefficient (Wildman–Crippen LogP) is 3.70. The molecule has 3 unspecified atom stereocenters. The summed E-state index contributed by atoms with van der Waals surface area (Å²) < 4.78 is 0. The molecule has 2 heterocycles. The van der Waals surface area contributed by atoms with Crippen molar-refractivity contribution in [3.8, 4) is 0 Å². The maximum absolute atomic E-state index is 12.5. The molecule has 0 saturated heterocycles. The maximum atomic E-state index is 12.5. The molecule has 0 aromatic carbocycles.